The molecule has 192 valence electrons. The average Bonchev–Trinajstić information content (AvgIpc) is 3.39. The van der Waals surface area contributed by atoms with E-state index in [2.05, 4.69) is 6.92 Å². The van der Waals surface area contributed by atoms with Crippen LogP contribution in [0.5, 0.6) is 0 Å². The number of nitro benzene ring substituents is 1. The second kappa shape index (κ2) is 9.85. The molecule has 2 aliphatic heterocycles. The summed E-state index contributed by atoms with van der Waals surface area (Å²) in [5.74, 6) is -0.208. The molecule has 4 aromatic rings. The van der Waals surface area contributed by atoms with Gasteiger partial charge in [0, 0.05) is 28.8 Å². The Labute approximate surface area is 229 Å². The Kier molecular flexibility index (Phi) is 6.20. The standard InChI is InChI=1S/C30H23N5O3S/c1-2-27-25-15-9-10-16-26(25)30(33(31-27)22-13-7-4-8-14-22)34(23-17-19-24(20-18-23)35(37)38)32-29(39-30)28(36)21-11-5-3-6-12-21/h3-20H,2H2,1H3/t30-/m1/s1. The minimum absolute atomic E-state index is 0.0283. The van der Waals surface area contributed by atoms with Crippen molar-refractivity contribution in [3.8, 4) is 0 Å². The van der Waals surface area contributed by atoms with Gasteiger partial charge in [0.15, 0.2) is 5.04 Å². The highest BCUT2D eigenvalue weighted by molar-refractivity contribution is 8.17. The Bertz CT molecular complexity index is 1620. The molecule has 8 nitrogen and oxygen atoms in total. The van der Waals surface area contributed by atoms with E-state index in [9.17, 15) is 14.9 Å². The van der Waals surface area contributed by atoms with Crippen molar-refractivity contribution < 1.29 is 9.72 Å². The normalized spacial score (nSPS) is 18.0. The van der Waals surface area contributed by atoms with Crippen LogP contribution in [0.2, 0.25) is 0 Å². The molecule has 0 fully saturated rings. The van der Waals surface area contributed by atoms with Crippen LogP contribution in [0.25, 0.3) is 0 Å². The lowest BCUT2D eigenvalue weighted by Gasteiger charge is -2.47. The number of anilines is 2. The number of rotatable bonds is 6. The summed E-state index contributed by atoms with van der Waals surface area (Å²) in [4.78, 5) is 23.6. The minimum atomic E-state index is -1.10. The lowest BCUT2D eigenvalue weighted by molar-refractivity contribution is -0.384. The molecule has 0 saturated heterocycles. The van der Waals surface area contributed by atoms with Gasteiger partial charge in [-0.1, -0.05) is 79.7 Å². The Morgan fingerprint density at radius 1 is 0.821 bits per heavy atom. The number of thioether (sulfide) groups is 1. The molecule has 0 N–H and O–H groups in total. The number of fused-ring (bicyclic) bond motifs is 2. The number of carbonyl (C=O) groups excluding carboxylic acids is 1. The molecule has 39 heavy (non-hydrogen) atoms. The maximum Gasteiger partial charge on any atom is 0.269 e. The van der Waals surface area contributed by atoms with Gasteiger partial charge in [-0.15, -0.1) is 0 Å². The lowest BCUT2D eigenvalue weighted by Crippen LogP contribution is -2.53. The summed E-state index contributed by atoms with van der Waals surface area (Å²) >= 11 is 1.32. The van der Waals surface area contributed by atoms with Gasteiger partial charge in [-0.05, 0) is 42.4 Å². The Morgan fingerprint density at radius 2 is 1.41 bits per heavy atom. The molecule has 0 saturated carbocycles. The fraction of sp³-hybridized carbons (Fsp3) is 0.100. The largest absolute Gasteiger partial charge is 0.286 e. The first-order valence-electron chi connectivity index (χ1n) is 12.5. The van der Waals surface area contributed by atoms with Crippen LogP contribution in [0, 0.1) is 10.1 Å². The highest BCUT2D eigenvalue weighted by Crippen LogP contribution is 2.55. The Morgan fingerprint density at radius 3 is 2.08 bits per heavy atom. The van der Waals surface area contributed by atoms with Crippen LogP contribution < -0.4 is 10.0 Å². The number of Topliss-reactive ketones (excluding diaryl/α,β-unsaturated/α-hetero) is 1. The maximum absolute atomic E-state index is 13.7. The topological polar surface area (TPSA) is 91.4 Å². The molecule has 0 unspecified atom stereocenters. The maximum atomic E-state index is 13.7. The van der Waals surface area contributed by atoms with E-state index in [1.165, 1.54) is 23.9 Å². The highest BCUT2D eigenvalue weighted by Gasteiger charge is 2.56. The molecule has 9 heteroatoms. The van der Waals surface area contributed by atoms with Crippen molar-refractivity contribution in [1.82, 2.24) is 0 Å². The van der Waals surface area contributed by atoms with Crippen LogP contribution in [0.3, 0.4) is 0 Å². The molecule has 0 aliphatic carbocycles. The van der Waals surface area contributed by atoms with E-state index < -0.39 is 9.92 Å². The van der Waals surface area contributed by atoms with E-state index in [0.717, 1.165) is 22.5 Å². The number of hydrazone groups is 2. The number of ketones is 1. The fourth-order valence-corrected chi connectivity index (χ4v) is 6.21. The predicted octanol–water partition coefficient (Wildman–Crippen LogP) is 6.79. The molecule has 0 bridgehead atoms. The number of carbonyl (C=O) groups is 1. The second-order valence-corrected chi connectivity index (χ2v) is 10.1. The van der Waals surface area contributed by atoms with E-state index in [1.54, 1.807) is 29.3 Å². The van der Waals surface area contributed by atoms with E-state index in [4.69, 9.17) is 10.2 Å². The molecule has 2 heterocycles. The molecule has 2 aliphatic rings. The number of hydrogen-bond acceptors (Lipinski definition) is 8. The molecule has 6 rings (SSSR count). The predicted molar refractivity (Wildman–Crippen MR) is 155 cm³/mol. The van der Waals surface area contributed by atoms with E-state index in [0.29, 0.717) is 22.7 Å². The van der Waals surface area contributed by atoms with E-state index in [1.807, 2.05) is 77.8 Å². The zero-order valence-corrected chi connectivity index (χ0v) is 21.8. The Hall–Kier alpha value is -4.76. The molecule has 0 radical (unpaired) electrons. The van der Waals surface area contributed by atoms with Crippen LogP contribution in [-0.4, -0.2) is 21.5 Å². The van der Waals surface area contributed by atoms with E-state index >= 15 is 0 Å². The van der Waals surface area contributed by atoms with Crippen LogP contribution >= 0.6 is 11.8 Å². The highest BCUT2D eigenvalue weighted by atomic mass is 32.2. The quantitative estimate of drug-likeness (QED) is 0.154. The number of nitro groups is 1. The number of non-ortho nitro benzene ring substituents is 1. The van der Waals surface area contributed by atoms with Crippen molar-refractivity contribution in [2.45, 2.75) is 18.3 Å². The van der Waals surface area contributed by atoms with Crippen LogP contribution in [0.1, 0.15) is 34.8 Å². The lowest BCUT2D eigenvalue weighted by atomic mass is 9.96. The van der Waals surface area contributed by atoms with Crippen molar-refractivity contribution in [1.29, 1.82) is 0 Å². The average molecular weight is 534 g/mol. The van der Waals surface area contributed by atoms with Gasteiger partial charge in [-0.3, -0.25) is 14.9 Å². The molecule has 1 spiro atoms. The number of nitrogens with zero attached hydrogens (tertiary/aromatic N) is 5. The fourth-order valence-electron chi connectivity index (χ4n) is 4.85. The summed E-state index contributed by atoms with van der Waals surface area (Å²) in [6, 6.07) is 33.0. The van der Waals surface area contributed by atoms with Crippen molar-refractivity contribution in [3.63, 3.8) is 0 Å². The first kappa shape index (κ1) is 24.6. The van der Waals surface area contributed by atoms with Crippen LogP contribution in [-0.2, 0) is 4.99 Å². The van der Waals surface area contributed by atoms with Gasteiger partial charge >= 0.3 is 0 Å². The van der Waals surface area contributed by atoms with Gasteiger partial charge in [0.1, 0.15) is 0 Å². The third-order valence-corrected chi connectivity index (χ3v) is 8.00. The van der Waals surface area contributed by atoms with Gasteiger partial charge in [-0.2, -0.15) is 10.2 Å². The molecule has 1 atom stereocenters. The molecular weight excluding hydrogens is 510 g/mol. The summed E-state index contributed by atoms with van der Waals surface area (Å²) < 4.78 is 0. The summed E-state index contributed by atoms with van der Waals surface area (Å²) in [6.07, 6.45) is 0.704. The van der Waals surface area contributed by atoms with Gasteiger partial charge in [-0.25, -0.2) is 10.0 Å². The minimum Gasteiger partial charge on any atom is -0.286 e. The monoisotopic (exact) mass is 533 g/mol. The van der Waals surface area contributed by atoms with Gasteiger partial charge < -0.3 is 0 Å². The number of hydrogen-bond donors (Lipinski definition) is 0. The summed E-state index contributed by atoms with van der Waals surface area (Å²) in [7, 11) is 0. The summed E-state index contributed by atoms with van der Waals surface area (Å²) in [5.41, 5.74) is 4.71. The second-order valence-electron chi connectivity index (χ2n) is 8.99. The van der Waals surface area contributed by atoms with Gasteiger partial charge in [0.05, 0.1) is 22.0 Å². The van der Waals surface area contributed by atoms with Gasteiger partial charge in [0.2, 0.25) is 10.8 Å². The third kappa shape index (κ3) is 4.07. The summed E-state index contributed by atoms with van der Waals surface area (Å²) in [5, 5.41) is 25.4. The molecule has 0 aromatic heterocycles. The molecule has 0 amide bonds. The van der Waals surface area contributed by atoms with Crippen molar-refractivity contribution in [2.24, 2.45) is 10.2 Å². The zero-order chi connectivity index (χ0) is 27.0. The van der Waals surface area contributed by atoms with Crippen molar-refractivity contribution in [2.75, 3.05) is 10.0 Å². The first-order valence-corrected chi connectivity index (χ1v) is 13.3. The van der Waals surface area contributed by atoms with Crippen molar-refractivity contribution >= 4 is 45.4 Å². The summed E-state index contributed by atoms with van der Waals surface area (Å²) in [6.45, 7) is 2.06. The molecular formula is C30H23N5O3S. The first-order chi connectivity index (χ1) is 19.0. The van der Waals surface area contributed by atoms with Crippen LogP contribution in [0.15, 0.2) is 119 Å². The molecule has 4 aromatic carbocycles. The smallest absolute Gasteiger partial charge is 0.269 e. The number of benzene rings is 4. The Balaban J connectivity index is 1.60. The van der Waals surface area contributed by atoms with E-state index in [-0.39, 0.29) is 11.5 Å². The SMILES string of the molecule is CCC1=NN(c2ccccc2)[C@]2(SC(C(=O)c3ccccc3)=NN2c2ccc([N+](=O)[O-])cc2)c2ccccc21. The van der Waals surface area contributed by atoms with Crippen molar-refractivity contribution in [3.05, 3.63) is 136 Å². The van der Waals surface area contributed by atoms with Crippen LogP contribution in [0.4, 0.5) is 17.1 Å². The number of para-hydroxylation sites is 1. The zero-order valence-electron chi connectivity index (χ0n) is 21.0. The third-order valence-electron chi connectivity index (χ3n) is 6.68. The van der Waals surface area contributed by atoms with Gasteiger partial charge in [0.25, 0.3) is 5.69 Å².